The van der Waals surface area contributed by atoms with Crippen LogP contribution < -0.4 is 15.8 Å². The first-order valence-corrected chi connectivity index (χ1v) is 7.45. The SMILES string of the molecule is NC(=O)CNC(=O)c1ccc(OCc2c(Cl)cccc2Cl)cc1. The van der Waals surface area contributed by atoms with Gasteiger partial charge in [0.2, 0.25) is 5.91 Å². The molecule has 23 heavy (non-hydrogen) atoms. The Labute approximate surface area is 143 Å². The first-order valence-electron chi connectivity index (χ1n) is 6.69. The second-order valence-electron chi connectivity index (χ2n) is 4.66. The quantitative estimate of drug-likeness (QED) is 0.838. The van der Waals surface area contributed by atoms with Crippen molar-refractivity contribution < 1.29 is 14.3 Å². The van der Waals surface area contributed by atoms with Gasteiger partial charge in [-0.05, 0) is 36.4 Å². The van der Waals surface area contributed by atoms with Crippen LogP contribution >= 0.6 is 23.2 Å². The lowest BCUT2D eigenvalue weighted by Gasteiger charge is -2.10. The van der Waals surface area contributed by atoms with Crippen molar-refractivity contribution in [2.45, 2.75) is 6.61 Å². The summed E-state index contributed by atoms with van der Waals surface area (Å²) in [5.74, 6) is -0.424. The van der Waals surface area contributed by atoms with Gasteiger partial charge in [0.1, 0.15) is 12.4 Å². The van der Waals surface area contributed by atoms with Crippen LogP contribution in [0.4, 0.5) is 0 Å². The van der Waals surface area contributed by atoms with Crippen molar-refractivity contribution in [2.75, 3.05) is 6.54 Å². The third kappa shape index (κ3) is 4.87. The van der Waals surface area contributed by atoms with Crippen LogP contribution in [-0.4, -0.2) is 18.4 Å². The van der Waals surface area contributed by atoms with Crippen LogP contribution in [-0.2, 0) is 11.4 Å². The van der Waals surface area contributed by atoms with Crippen LogP contribution in [0.2, 0.25) is 10.0 Å². The van der Waals surface area contributed by atoms with E-state index in [-0.39, 0.29) is 19.1 Å². The lowest BCUT2D eigenvalue weighted by atomic mass is 10.2. The van der Waals surface area contributed by atoms with E-state index in [0.29, 0.717) is 26.9 Å². The molecule has 0 saturated heterocycles. The molecule has 2 amide bonds. The van der Waals surface area contributed by atoms with Gasteiger partial charge in [0.25, 0.3) is 5.91 Å². The topological polar surface area (TPSA) is 81.4 Å². The number of nitrogens with two attached hydrogens (primary N) is 1. The highest BCUT2D eigenvalue weighted by atomic mass is 35.5. The van der Waals surface area contributed by atoms with Gasteiger partial charge in [-0.15, -0.1) is 0 Å². The lowest BCUT2D eigenvalue weighted by molar-refractivity contribution is -0.117. The average molecular weight is 353 g/mol. The molecule has 120 valence electrons. The van der Waals surface area contributed by atoms with Crippen molar-refractivity contribution in [3.05, 3.63) is 63.6 Å². The molecule has 2 aromatic carbocycles. The molecule has 3 N–H and O–H groups in total. The number of halogens is 2. The van der Waals surface area contributed by atoms with Crippen LogP contribution in [0.15, 0.2) is 42.5 Å². The number of carbonyl (C=O) groups is 2. The van der Waals surface area contributed by atoms with Crippen molar-refractivity contribution >= 4 is 35.0 Å². The molecular weight excluding hydrogens is 339 g/mol. The third-order valence-corrected chi connectivity index (χ3v) is 3.69. The van der Waals surface area contributed by atoms with E-state index >= 15 is 0 Å². The zero-order valence-electron chi connectivity index (χ0n) is 12.0. The fraction of sp³-hybridized carbons (Fsp3) is 0.125. The summed E-state index contributed by atoms with van der Waals surface area (Å²) in [6.07, 6.45) is 0. The van der Waals surface area contributed by atoms with Gasteiger partial charge in [0.05, 0.1) is 6.54 Å². The number of benzene rings is 2. The van der Waals surface area contributed by atoms with E-state index in [2.05, 4.69) is 5.32 Å². The molecule has 0 radical (unpaired) electrons. The predicted octanol–water partition coefficient (Wildman–Crippen LogP) is 2.79. The predicted molar refractivity (Wildman–Crippen MR) is 88.8 cm³/mol. The van der Waals surface area contributed by atoms with E-state index in [1.807, 2.05) is 0 Å². The third-order valence-electron chi connectivity index (χ3n) is 2.98. The summed E-state index contributed by atoms with van der Waals surface area (Å²) in [5, 5.41) is 3.46. The Morgan fingerprint density at radius 1 is 1.04 bits per heavy atom. The van der Waals surface area contributed by atoms with Gasteiger partial charge in [-0.2, -0.15) is 0 Å². The maximum Gasteiger partial charge on any atom is 0.251 e. The number of carbonyl (C=O) groups excluding carboxylic acids is 2. The second kappa shape index (κ2) is 7.85. The van der Waals surface area contributed by atoms with Gasteiger partial charge in [0.15, 0.2) is 0 Å². The average Bonchev–Trinajstić information content (AvgIpc) is 2.52. The minimum absolute atomic E-state index is 0.206. The van der Waals surface area contributed by atoms with Crippen molar-refractivity contribution in [1.82, 2.24) is 5.32 Å². The number of rotatable bonds is 6. The van der Waals surface area contributed by atoms with Gasteiger partial charge < -0.3 is 15.8 Å². The fourth-order valence-corrected chi connectivity index (χ4v) is 2.30. The molecule has 0 fully saturated rings. The summed E-state index contributed by atoms with van der Waals surface area (Å²) in [4.78, 5) is 22.4. The summed E-state index contributed by atoms with van der Waals surface area (Å²) in [7, 11) is 0. The molecule has 2 aromatic rings. The summed E-state index contributed by atoms with van der Waals surface area (Å²) in [6, 6.07) is 11.7. The van der Waals surface area contributed by atoms with Crippen molar-refractivity contribution in [3.63, 3.8) is 0 Å². The Morgan fingerprint density at radius 2 is 1.65 bits per heavy atom. The van der Waals surface area contributed by atoms with E-state index < -0.39 is 5.91 Å². The zero-order valence-corrected chi connectivity index (χ0v) is 13.5. The number of hydrogen-bond donors (Lipinski definition) is 2. The molecule has 0 bridgehead atoms. The van der Waals surface area contributed by atoms with Crippen molar-refractivity contribution in [2.24, 2.45) is 5.73 Å². The minimum atomic E-state index is -0.602. The summed E-state index contributed by atoms with van der Waals surface area (Å²) in [5.41, 5.74) is 6.06. The van der Waals surface area contributed by atoms with Crippen molar-refractivity contribution in [1.29, 1.82) is 0 Å². The van der Waals surface area contributed by atoms with Crippen LogP contribution in [0.3, 0.4) is 0 Å². The van der Waals surface area contributed by atoms with E-state index in [4.69, 9.17) is 33.7 Å². The van der Waals surface area contributed by atoms with Crippen LogP contribution in [0, 0.1) is 0 Å². The van der Waals surface area contributed by atoms with E-state index in [0.717, 1.165) is 0 Å². The Bertz CT molecular complexity index is 698. The number of primary amides is 1. The lowest BCUT2D eigenvalue weighted by Crippen LogP contribution is -2.33. The Balaban J connectivity index is 1.97. The number of nitrogens with one attached hydrogen (secondary N) is 1. The molecule has 0 aliphatic rings. The summed E-state index contributed by atoms with van der Waals surface area (Å²) in [6.45, 7) is 0.00775. The van der Waals surface area contributed by atoms with Gasteiger partial charge in [-0.1, -0.05) is 29.3 Å². The Hall–Kier alpha value is -2.24. The maximum absolute atomic E-state index is 11.7. The highest BCUT2D eigenvalue weighted by Gasteiger charge is 2.08. The van der Waals surface area contributed by atoms with E-state index in [9.17, 15) is 9.59 Å². The fourth-order valence-electron chi connectivity index (χ4n) is 1.80. The molecule has 0 saturated carbocycles. The molecule has 0 unspecified atom stereocenters. The Morgan fingerprint density at radius 3 is 2.22 bits per heavy atom. The molecule has 0 aromatic heterocycles. The molecule has 0 spiro atoms. The minimum Gasteiger partial charge on any atom is -0.489 e. The zero-order chi connectivity index (χ0) is 16.8. The van der Waals surface area contributed by atoms with Crippen molar-refractivity contribution in [3.8, 4) is 5.75 Å². The summed E-state index contributed by atoms with van der Waals surface area (Å²) < 4.78 is 5.61. The van der Waals surface area contributed by atoms with Crippen LogP contribution in [0.1, 0.15) is 15.9 Å². The van der Waals surface area contributed by atoms with Gasteiger partial charge >= 0.3 is 0 Å². The smallest absolute Gasteiger partial charge is 0.251 e. The first-order chi connectivity index (χ1) is 11.0. The molecule has 0 heterocycles. The largest absolute Gasteiger partial charge is 0.489 e. The van der Waals surface area contributed by atoms with Crippen LogP contribution in [0.5, 0.6) is 5.75 Å². The van der Waals surface area contributed by atoms with E-state index in [1.165, 1.54) is 0 Å². The number of amides is 2. The molecule has 7 heteroatoms. The van der Waals surface area contributed by atoms with Gasteiger partial charge in [0, 0.05) is 21.2 Å². The number of hydrogen-bond acceptors (Lipinski definition) is 3. The van der Waals surface area contributed by atoms with Gasteiger partial charge in [-0.25, -0.2) is 0 Å². The Kier molecular flexibility index (Phi) is 5.84. The maximum atomic E-state index is 11.7. The molecule has 0 atom stereocenters. The highest BCUT2D eigenvalue weighted by Crippen LogP contribution is 2.25. The number of ether oxygens (including phenoxy) is 1. The standard InChI is InChI=1S/C16H14Cl2N2O3/c17-13-2-1-3-14(18)12(13)9-23-11-6-4-10(5-7-11)16(22)20-8-15(19)21/h1-7H,8-9H2,(H2,19,21)(H,20,22). The molecule has 5 nitrogen and oxygen atoms in total. The highest BCUT2D eigenvalue weighted by molar-refractivity contribution is 6.35. The first kappa shape index (κ1) is 17.1. The molecule has 0 aliphatic heterocycles. The monoisotopic (exact) mass is 352 g/mol. The normalized spacial score (nSPS) is 10.2. The second-order valence-corrected chi connectivity index (χ2v) is 5.48. The molecule has 0 aliphatic carbocycles. The van der Waals surface area contributed by atoms with Gasteiger partial charge in [-0.3, -0.25) is 9.59 Å². The summed E-state index contributed by atoms with van der Waals surface area (Å²) >= 11 is 12.1. The molecular formula is C16H14Cl2N2O3. The van der Waals surface area contributed by atoms with Crippen LogP contribution in [0.25, 0.3) is 0 Å². The van der Waals surface area contributed by atoms with E-state index in [1.54, 1.807) is 42.5 Å². The molecule has 2 rings (SSSR count).